The van der Waals surface area contributed by atoms with Crippen molar-refractivity contribution in [1.82, 2.24) is 5.32 Å². The van der Waals surface area contributed by atoms with Gasteiger partial charge in [-0.1, -0.05) is 199 Å². The molecule has 1 amide bonds. The number of nitrogens with one attached hydrogen (secondary N) is 1. The van der Waals surface area contributed by atoms with E-state index >= 15 is 0 Å². The Morgan fingerprint density at radius 3 is 1.21 bits per heavy atom. The number of rotatable bonds is 34. The molecule has 3 N–H and O–H groups in total. The second-order valence-corrected chi connectivity index (χ2v) is 13.0. The van der Waals surface area contributed by atoms with Gasteiger partial charge in [-0.15, -0.1) is 0 Å². The van der Waals surface area contributed by atoms with E-state index in [0.717, 1.165) is 32.1 Å². The molecule has 0 saturated carbocycles. The number of aliphatic hydroxyl groups excluding tert-OH is 2. The van der Waals surface area contributed by atoms with Crippen molar-refractivity contribution in [3.63, 3.8) is 0 Å². The Kier molecular flexibility index (Phi) is 33.9. The Labute approximate surface area is 263 Å². The van der Waals surface area contributed by atoms with Gasteiger partial charge in [0, 0.05) is 6.42 Å². The zero-order valence-electron chi connectivity index (χ0n) is 28.5. The van der Waals surface area contributed by atoms with Crippen LogP contribution in [0.3, 0.4) is 0 Å². The van der Waals surface area contributed by atoms with Crippen LogP contribution >= 0.6 is 0 Å². The van der Waals surface area contributed by atoms with E-state index in [-0.39, 0.29) is 12.5 Å². The molecule has 2 unspecified atom stereocenters. The largest absolute Gasteiger partial charge is 0.394 e. The Balaban J connectivity index is 3.32. The van der Waals surface area contributed by atoms with Crippen molar-refractivity contribution in [3.8, 4) is 0 Å². The van der Waals surface area contributed by atoms with Gasteiger partial charge in [0.1, 0.15) is 0 Å². The maximum absolute atomic E-state index is 12.2. The third-order valence-corrected chi connectivity index (χ3v) is 8.77. The van der Waals surface area contributed by atoms with E-state index in [1.54, 1.807) is 6.08 Å². The van der Waals surface area contributed by atoms with Gasteiger partial charge >= 0.3 is 0 Å². The molecule has 0 aliphatic carbocycles. The summed E-state index contributed by atoms with van der Waals surface area (Å²) in [6.45, 7) is 4.18. The van der Waals surface area contributed by atoms with Crippen molar-refractivity contribution in [3.05, 3.63) is 12.2 Å². The van der Waals surface area contributed by atoms with Crippen LogP contribution in [0.25, 0.3) is 0 Å². The molecule has 0 aromatic carbocycles. The van der Waals surface area contributed by atoms with Crippen LogP contribution < -0.4 is 5.32 Å². The molecule has 0 fully saturated rings. The molecule has 0 saturated heterocycles. The minimum absolute atomic E-state index is 0.0700. The van der Waals surface area contributed by atoms with Crippen LogP contribution in [-0.4, -0.2) is 34.9 Å². The number of hydrogen-bond acceptors (Lipinski definition) is 3. The van der Waals surface area contributed by atoms with E-state index in [4.69, 9.17) is 0 Å². The summed E-state index contributed by atoms with van der Waals surface area (Å²) in [7, 11) is 0. The molecule has 0 bridgehead atoms. The minimum Gasteiger partial charge on any atom is -0.394 e. The van der Waals surface area contributed by atoms with Crippen LogP contribution in [0, 0.1) is 0 Å². The first-order valence-electron chi connectivity index (χ1n) is 18.9. The molecule has 42 heavy (non-hydrogen) atoms. The quantitative estimate of drug-likeness (QED) is 0.0513. The summed E-state index contributed by atoms with van der Waals surface area (Å²) >= 11 is 0. The molecule has 0 radical (unpaired) electrons. The van der Waals surface area contributed by atoms with Gasteiger partial charge in [-0.25, -0.2) is 0 Å². The first kappa shape index (κ1) is 41.1. The van der Waals surface area contributed by atoms with Crippen molar-refractivity contribution in [1.29, 1.82) is 0 Å². The molecule has 0 rings (SSSR count). The van der Waals surface area contributed by atoms with E-state index in [0.29, 0.717) is 6.42 Å². The Hall–Kier alpha value is -0.870. The van der Waals surface area contributed by atoms with Crippen molar-refractivity contribution in [2.24, 2.45) is 0 Å². The number of carbonyl (C=O) groups excluding carboxylic acids is 1. The smallest absolute Gasteiger partial charge is 0.220 e. The second kappa shape index (κ2) is 34.6. The van der Waals surface area contributed by atoms with Crippen molar-refractivity contribution in [2.75, 3.05) is 6.61 Å². The lowest BCUT2D eigenvalue weighted by molar-refractivity contribution is -0.123. The van der Waals surface area contributed by atoms with Crippen LogP contribution in [0.15, 0.2) is 12.2 Å². The minimum atomic E-state index is -0.829. The molecular formula is C38H75NO3. The van der Waals surface area contributed by atoms with Gasteiger partial charge in [-0.05, 0) is 12.8 Å². The summed E-state index contributed by atoms with van der Waals surface area (Å²) in [4.78, 5) is 12.2. The van der Waals surface area contributed by atoms with Gasteiger partial charge in [-0.3, -0.25) is 4.79 Å². The number of unbranched alkanes of at least 4 members (excludes halogenated alkanes) is 27. The predicted octanol–water partition coefficient (Wildman–Crippen LogP) is 11.1. The third-order valence-electron chi connectivity index (χ3n) is 8.77. The monoisotopic (exact) mass is 594 g/mol. The summed E-state index contributed by atoms with van der Waals surface area (Å²) in [5.41, 5.74) is 0. The Morgan fingerprint density at radius 1 is 0.548 bits per heavy atom. The summed E-state index contributed by atoms with van der Waals surface area (Å²) in [6.07, 6.45) is 42.2. The van der Waals surface area contributed by atoms with Crippen LogP contribution in [-0.2, 0) is 4.79 Å². The number of allylic oxidation sites excluding steroid dienone is 1. The number of aliphatic hydroxyl groups is 2. The average Bonchev–Trinajstić information content (AvgIpc) is 2.99. The molecule has 0 aliphatic rings. The Bertz CT molecular complexity index is 565. The lowest BCUT2D eigenvalue weighted by atomic mass is 10.0. The maximum atomic E-state index is 12.2. The highest BCUT2D eigenvalue weighted by Crippen LogP contribution is 2.16. The molecule has 250 valence electrons. The fraction of sp³-hybridized carbons (Fsp3) is 0.921. The molecule has 2 atom stereocenters. The van der Waals surface area contributed by atoms with E-state index in [1.165, 1.54) is 154 Å². The second-order valence-electron chi connectivity index (χ2n) is 13.0. The lowest BCUT2D eigenvalue weighted by Crippen LogP contribution is -2.45. The zero-order chi connectivity index (χ0) is 30.8. The van der Waals surface area contributed by atoms with Crippen molar-refractivity contribution in [2.45, 2.75) is 219 Å². The number of hydrogen-bond donors (Lipinski definition) is 3. The molecular weight excluding hydrogens is 518 g/mol. The average molecular weight is 594 g/mol. The normalized spacial score (nSPS) is 13.1. The van der Waals surface area contributed by atoms with Crippen LogP contribution in [0.5, 0.6) is 0 Å². The summed E-state index contributed by atoms with van der Waals surface area (Å²) in [5.74, 6) is -0.0700. The summed E-state index contributed by atoms with van der Waals surface area (Å²) in [5, 5.41) is 22.5. The topological polar surface area (TPSA) is 69.6 Å². The highest BCUT2D eigenvalue weighted by molar-refractivity contribution is 5.76. The van der Waals surface area contributed by atoms with Crippen LogP contribution in [0.2, 0.25) is 0 Å². The number of amides is 1. The van der Waals surface area contributed by atoms with Gasteiger partial charge in [0.05, 0.1) is 18.8 Å². The molecule has 4 heteroatoms. The van der Waals surface area contributed by atoms with E-state index in [1.807, 2.05) is 6.08 Å². The Morgan fingerprint density at radius 2 is 0.881 bits per heavy atom. The van der Waals surface area contributed by atoms with Gasteiger partial charge in [0.15, 0.2) is 0 Å². The van der Waals surface area contributed by atoms with E-state index < -0.39 is 12.1 Å². The van der Waals surface area contributed by atoms with Crippen molar-refractivity contribution < 1.29 is 15.0 Å². The fourth-order valence-corrected chi connectivity index (χ4v) is 5.81. The fourth-order valence-electron chi connectivity index (χ4n) is 5.81. The zero-order valence-corrected chi connectivity index (χ0v) is 28.5. The molecule has 0 heterocycles. The first-order chi connectivity index (χ1) is 20.7. The van der Waals surface area contributed by atoms with Gasteiger partial charge < -0.3 is 15.5 Å². The van der Waals surface area contributed by atoms with E-state index in [2.05, 4.69) is 19.2 Å². The number of carbonyl (C=O) groups is 1. The predicted molar refractivity (Wildman–Crippen MR) is 184 cm³/mol. The lowest BCUT2D eigenvalue weighted by Gasteiger charge is -2.19. The third kappa shape index (κ3) is 30.6. The van der Waals surface area contributed by atoms with Gasteiger partial charge in [-0.2, -0.15) is 0 Å². The molecule has 0 aromatic rings. The SMILES string of the molecule is CCCC/C=C/C(O)C(CO)NC(=O)CCCCCCCCCCCCCCCCCCCCCCCCCCCC. The van der Waals surface area contributed by atoms with Gasteiger partial charge in [0.2, 0.25) is 5.91 Å². The highest BCUT2D eigenvalue weighted by atomic mass is 16.3. The standard InChI is InChI=1S/C38H75NO3/c1-3-5-7-9-10-11-12-13-14-15-16-17-18-19-20-21-22-23-24-25-26-27-28-29-30-32-34-38(42)39-36(35-40)37(41)33-31-8-6-4-2/h31,33,36-37,40-41H,3-30,32,34-35H2,1-2H3,(H,39,42)/b33-31+. The first-order valence-corrected chi connectivity index (χ1v) is 18.9. The molecule has 0 aromatic heterocycles. The molecule has 0 spiro atoms. The summed E-state index contributed by atoms with van der Waals surface area (Å²) in [6, 6.07) is -0.612. The summed E-state index contributed by atoms with van der Waals surface area (Å²) < 4.78 is 0. The molecule has 4 nitrogen and oxygen atoms in total. The van der Waals surface area contributed by atoms with E-state index in [9.17, 15) is 15.0 Å². The molecule has 0 aliphatic heterocycles. The van der Waals surface area contributed by atoms with Crippen molar-refractivity contribution >= 4 is 5.91 Å². The van der Waals surface area contributed by atoms with Crippen LogP contribution in [0.1, 0.15) is 206 Å². The highest BCUT2D eigenvalue weighted by Gasteiger charge is 2.17. The van der Waals surface area contributed by atoms with Gasteiger partial charge in [0.25, 0.3) is 0 Å². The maximum Gasteiger partial charge on any atom is 0.220 e. The van der Waals surface area contributed by atoms with Crippen LogP contribution in [0.4, 0.5) is 0 Å².